The SMILES string of the molecule is CCC(C#N)N1C[C@@H]2CCCN[C@@H]2C1. The number of nitriles is 1. The molecule has 3 heteroatoms. The van der Waals surface area contributed by atoms with E-state index in [1.165, 1.54) is 19.4 Å². The molecule has 2 rings (SSSR count). The van der Waals surface area contributed by atoms with Gasteiger partial charge in [-0.2, -0.15) is 5.26 Å². The van der Waals surface area contributed by atoms with Crippen LogP contribution in [0.2, 0.25) is 0 Å². The molecular weight excluding hydrogens is 174 g/mol. The minimum absolute atomic E-state index is 0.141. The van der Waals surface area contributed by atoms with Gasteiger partial charge in [-0.3, -0.25) is 4.90 Å². The number of likely N-dealkylation sites (tertiary alicyclic amines) is 1. The van der Waals surface area contributed by atoms with Crippen LogP contribution in [0.5, 0.6) is 0 Å². The second-order valence-corrected chi connectivity index (χ2v) is 4.47. The van der Waals surface area contributed by atoms with Gasteiger partial charge in [0.05, 0.1) is 12.1 Å². The van der Waals surface area contributed by atoms with Crippen LogP contribution in [0, 0.1) is 17.2 Å². The van der Waals surface area contributed by atoms with Crippen molar-refractivity contribution in [2.45, 2.75) is 38.3 Å². The van der Waals surface area contributed by atoms with E-state index in [4.69, 9.17) is 5.26 Å². The molecule has 0 aliphatic carbocycles. The fraction of sp³-hybridized carbons (Fsp3) is 0.909. The summed E-state index contributed by atoms with van der Waals surface area (Å²) >= 11 is 0. The molecule has 2 aliphatic heterocycles. The molecule has 2 heterocycles. The zero-order chi connectivity index (χ0) is 9.97. The Hall–Kier alpha value is -0.590. The third kappa shape index (κ3) is 1.77. The molecule has 1 N–H and O–H groups in total. The summed E-state index contributed by atoms with van der Waals surface area (Å²) in [5, 5.41) is 12.6. The zero-order valence-corrected chi connectivity index (χ0v) is 8.87. The van der Waals surface area contributed by atoms with Crippen molar-refractivity contribution >= 4 is 0 Å². The van der Waals surface area contributed by atoms with Crippen LogP contribution in [-0.2, 0) is 0 Å². The Kier molecular flexibility index (Phi) is 3.05. The van der Waals surface area contributed by atoms with E-state index in [2.05, 4.69) is 23.2 Å². The van der Waals surface area contributed by atoms with E-state index < -0.39 is 0 Å². The van der Waals surface area contributed by atoms with Gasteiger partial charge in [-0.25, -0.2) is 0 Å². The predicted molar refractivity (Wildman–Crippen MR) is 55.8 cm³/mol. The number of hydrogen-bond donors (Lipinski definition) is 1. The molecule has 2 aliphatic rings. The van der Waals surface area contributed by atoms with E-state index in [-0.39, 0.29) is 6.04 Å². The molecule has 0 aromatic rings. The van der Waals surface area contributed by atoms with Crippen molar-refractivity contribution in [1.29, 1.82) is 5.26 Å². The largest absolute Gasteiger partial charge is 0.312 e. The van der Waals surface area contributed by atoms with Gasteiger partial charge in [0, 0.05) is 19.1 Å². The monoisotopic (exact) mass is 193 g/mol. The highest BCUT2D eigenvalue weighted by Gasteiger charge is 2.36. The molecule has 0 saturated carbocycles. The minimum atomic E-state index is 0.141. The van der Waals surface area contributed by atoms with Crippen LogP contribution in [0.1, 0.15) is 26.2 Å². The lowest BCUT2D eigenvalue weighted by Crippen LogP contribution is -2.41. The smallest absolute Gasteiger partial charge is 0.0975 e. The minimum Gasteiger partial charge on any atom is -0.312 e. The molecule has 0 radical (unpaired) electrons. The molecule has 1 unspecified atom stereocenters. The first-order valence-electron chi connectivity index (χ1n) is 5.72. The first-order valence-corrected chi connectivity index (χ1v) is 5.72. The van der Waals surface area contributed by atoms with Crippen molar-refractivity contribution in [3.63, 3.8) is 0 Å². The molecule has 0 bridgehead atoms. The van der Waals surface area contributed by atoms with Gasteiger partial charge in [-0.1, -0.05) is 6.92 Å². The Balaban J connectivity index is 1.95. The summed E-state index contributed by atoms with van der Waals surface area (Å²) in [6, 6.07) is 3.20. The highest BCUT2D eigenvalue weighted by Crippen LogP contribution is 2.26. The first-order chi connectivity index (χ1) is 6.85. The second kappa shape index (κ2) is 4.29. The lowest BCUT2D eigenvalue weighted by atomic mass is 9.94. The Morgan fingerprint density at radius 1 is 1.57 bits per heavy atom. The summed E-state index contributed by atoms with van der Waals surface area (Å²) in [6.45, 7) is 5.47. The Morgan fingerprint density at radius 3 is 3.07 bits per heavy atom. The number of nitrogens with one attached hydrogen (secondary N) is 1. The standard InChI is InChI=1S/C11H19N3/c1-2-10(6-12)14-7-9-4-3-5-13-11(9)8-14/h9-11,13H,2-5,7-8H2,1H3/t9-,10?,11+/m0/s1. The first kappa shape index (κ1) is 9.95. The van der Waals surface area contributed by atoms with Gasteiger partial charge in [0.2, 0.25) is 0 Å². The maximum absolute atomic E-state index is 9.01. The maximum Gasteiger partial charge on any atom is 0.0975 e. The van der Waals surface area contributed by atoms with Gasteiger partial charge in [-0.05, 0) is 31.7 Å². The fourth-order valence-corrected chi connectivity index (χ4v) is 2.77. The van der Waals surface area contributed by atoms with Gasteiger partial charge in [-0.15, -0.1) is 0 Å². The quantitative estimate of drug-likeness (QED) is 0.710. The van der Waals surface area contributed by atoms with Gasteiger partial charge in [0.1, 0.15) is 0 Å². The zero-order valence-electron chi connectivity index (χ0n) is 8.87. The van der Waals surface area contributed by atoms with E-state index in [0.29, 0.717) is 6.04 Å². The lowest BCUT2D eigenvalue weighted by molar-refractivity contribution is 0.270. The number of piperidine rings is 1. The normalized spacial score (nSPS) is 34.9. The van der Waals surface area contributed by atoms with Crippen LogP contribution in [0.3, 0.4) is 0 Å². The highest BCUT2D eigenvalue weighted by molar-refractivity contribution is 4.99. The number of rotatable bonds is 2. The van der Waals surface area contributed by atoms with E-state index >= 15 is 0 Å². The lowest BCUT2D eigenvalue weighted by Gasteiger charge is -2.24. The average molecular weight is 193 g/mol. The molecule has 2 saturated heterocycles. The summed E-state index contributed by atoms with van der Waals surface area (Å²) in [5.41, 5.74) is 0. The second-order valence-electron chi connectivity index (χ2n) is 4.47. The van der Waals surface area contributed by atoms with E-state index in [1.54, 1.807) is 0 Å². The molecule has 78 valence electrons. The van der Waals surface area contributed by atoms with Crippen molar-refractivity contribution < 1.29 is 0 Å². The summed E-state index contributed by atoms with van der Waals surface area (Å²) in [5.74, 6) is 0.797. The molecule has 14 heavy (non-hydrogen) atoms. The summed E-state index contributed by atoms with van der Waals surface area (Å²) in [7, 11) is 0. The Labute approximate surface area is 86.1 Å². The van der Waals surface area contributed by atoms with Crippen LogP contribution >= 0.6 is 0 Å². The predicted octanol–water partition coefficient (Wildman–Crippen LogP) is 0.972. The number of nitrogens with zero attached hydrogens (tertiary/aromatic N) is 2. The molecule has 3 nitrogen and oxygen atoms in total. The van der Waals surface area contributed by atoms with Gasteiger partial charge >= 0.3 is 0 Å². The van der Waals surface area contributed by atoms with Crippen LogP contribution in [-0.4, -0.2) is 36.6 Å². The van der Waals surface area contributed by atoms with Gasteiger partial charge in [0.25, 0.3) is 0 Å². The number of hydrogen-bond acceptors (Lipinski definition) is 3. The summed E-state index contributed by atoms with van der Waals surface area (Å²) < 4.78 is 0. The Morgan fingerprint density at radius 2 is 2.43 bits per heavy atom. The van der Waals surface area contributed by atoms with Crippen LogP contribution < -0.4 is 5.32 Å². The molecule has 0 amide bonds. The Bertz CT molecular complexity index is 219. The molecule has 0 aromatic carbocycles. The van der Waals surface area contributed by atoms with E-state index in [0.717, 1.165) is 25.4 Å². The van der Waals surface area contributed by atoms with Crippen molar-refractivity contribution in [2.24, 2.45) is 5.92 Å². The van der Waals surface area contributed by atoms with Crippen LogP contribution in [0.4, 0.5) is 0 Å². The summed E-state index contributed by atoms with van der Waals surface area (Å²) in [6.07, 6.45) is 3.60. The topological polar surface area (TPSA) is 39.1 Å². The molecule has 0 spiro atoms. The van der Waals surface area contributed by atoms with Crippen LogP contribution in [0.15, 0.2) is 0 Å². The van der Waals surface area contributed by atoms with Gasteiger partial charge in [0.15, 0.2) is 0 Å². The molecule has 2 fully saturated rings. The third-order valence-corrected chi connectivity index (χ3v) is 3.60. The molecule has 3 atom stereocenters. The van der Waals surface area contributed by atoms with Crippen molar-refractivity contribution in [2.75, 3.05) is 19.6 Å². The third-order valence-electron chi connectivity index (χ3n) is 3.60. The van der Waals surface area contributed by atoms with Crippen molar-refractivity contribution in [3.05, 3.63) is 0 Å². The average Bonchev–Trinajstić information content (AvgIpc) is 2.63. The molecular formula is C11H19N3. The van der Waals surface area contributed by atoms with Gasteiger partial charge < -0.3 is 5.32 Å². The van der Waals surface area contributed by atoms with Crippen LogP contribution in [0.25, 0.3) is 0 Å². The highest BCUT2D eigenvalue weighted by atomic mass is 15.2. The summed E-state index contributed by atoms with van der Waals surface area (Å²) in [4.78, 5) is 2.35. The molecule has 0 aromatic heterocycles. The number of fused-ring (bicyclic) bond motifs is 1. The van der Waals surface area contributed by atoms with E-state index in [1.807, 2.05) is 0 Å². The van der Waals surface area contributed by atoms with Crippen molar-refractivity contribution in [1.82, 2.24) is 10.2 Å². The maximum atomic E-state index is 9.01. The fourth-order valence-electron chi connectivity index (χ4n) is 2.77. The van der Waals surface area contributed by atoms with E-state index in [9.17, 15) is 0 Å². The van der Waals surface area contributed by atoms with Crippen molar-refractivity contribution in [3.8, 4) is 6.07 Å².